The molecule has 0 radical (unpaired) electrons. The first kappa shape index (κ1) is 19.7. The minimum atomic E-state index is -3.25. The van der Waals surface area contributed by atoms with Crippen LogP contribution >= 0.6 is 0 Å². The molecule has 26 heavy (non-hydrogen) atoms. The molecule has 1 atom stereocenters. The molecule has 2 rings (SSSR count). The lowest BCUT2D eigenvalue weighted by Crippen LogP contribution is -2.29. The second kappa shape index (κ2) is 7.70. The fourth-order valence-electron chi connectivity index (χ4n) is 2.53. The molecule has 1 unspecified atom stereocenters. The van der Waals surface area contributed by atoms with Crippen LogP contribution < -0.4 is 5.32 Å². The lowest BCUT2D eigenvalue weighted by atomic mass is 10.1. The fourth-order valence-corrected chi connectivity index (χ4v) is 3.16. The van der Waals surface area contributed by atoms with Crippen LogP contribution in [-0.2, 0) is 14.6 Å². The molecule has 0 heterocycles. The predicted octanol–water partition coefficient (Wildman–Crippen LogP) is 2.88. The Balaban J connectivity index is 2.20. The maximum Gasteiger partial charge on any atom is 0.254 e. The molecule has 2 amide bonds. The normalized spacial score (nSPS) is 12.3. The maximum absolute atomic E-state index is 12.7. The number of nitrogens with one attached hydrogen (secondary N) is 1. The minimum absolute atomic E-state index is 0.197. The standard InChI is InChI=1S/C19H22N2O4S/c1-13(15-8-10-18(11-9-15)26(4,24)25)21(3)19(23)16-6-5-7-17(12-16)20-14(2)22/h5-13H,1-4H3,(H,20,22). The van der Waals surface area contributed by atoms with E-state index in [-0.39, 0.29) is 22.8 Å². The highest BCUT2D eigenvalue weighted by atomic mass is 32.2. The Labute approximate surface area is 153 Å². The maximum atomic E-state index is 12.7. The summed E-state index contributed by atoms with van der Waals surface area (Å²) in [5, 5.41) is 2.65. The van der Waals surface area contributed by atoms with Crippen LogP contribution in [0.1, 0.15) is 35.8 Å². The van der Waals surface area contributed by atoms with Gasteiger partial charge in [0.2, 0.25) is 5.91 Å². The van der Waals surface area contributed by atoms with E-state index < -0.39 is 9.84 Å². The number of anilines is 1. The van der Waals surface area contributed by atoms with Crippen molar-refractivity contribution < 1.29 is 18.0 Å². The van der Waals surface area contributed by atoms with Crippen molar-refractivity contribution >= 4 is 27.3 Å². The Morgan fingerprint density at radius 2 is 1.69 bits per heavy atom. The van der Waals surface area contributed by atoms with E-state index in [2.05, 4.69) is 5.32 Å². The molecule has 0 saturated heterocycles. The third-order valence-corrected chi connectivity index (χ3v) is 5.25. The van der Waals surface area contributed by atoms with Crippen LogP contribution in [0.5, 0.6) is 0 Å². The number of sulfone groups is 1. The van der Waals surface area contributed by atoms with Gasteiger partial charge in [0.25, 0.3) is 5.91 Å². The third-order valence-electron chi connectivity index (χ3n) is 4.12. The quantitative estimate of drug-likeness (QED) is 0.872. The number of nitrogens with zero attached hydrogens (tertiary/aromatic N) is 1. The van der Waals surface area contributed by atoms with Gasteiger partial charge in [-0.15, -0.1) is 0 Å². The Bertz CT molecular complexity index is 921. The Morgan fingerprint density at radius 1 is 1.08 bits per heavy atom. The topological polar surface area (TPSA) is 83.6 Å². The second-order valence-electron chi connectivity index (χ2n) is 6.20. The van der Waals surface area contributed by atoms with Gasteiger partial charge in [0.15, 0.2) is 9.84 Å². The van der Waals surface area contributed by atoms with E-state index in [4.69, 9.17) is 0 Å². The minimum Gasteiger partial charge on any atom is -0.335 e. The highest BCUT2D eigenvalue weighted by Gasteiger charge is 2.20. The van der Waals surface area contributed by atoms with Crippen LogP contribution in [0.4, 0.5) is 5.69 Å². The van der Waals surface area contributed by atoms with Crippen molar-refractivity contribution in [2.24, 2.45) is 0 Å². The van der Waals surface area contributed by atoms with Crippen molar-refractivity contribution in [3.8, 4) is 0 Å². The molecule has 138 valence electrons. The second-order valence-corrected chi connectivity index (χ2v) is 8.21. The molecule has 2 aromatic carbocycles. The molecule has 2 aromatic rings. The summed E-state index contributed by atoms with van der Waals surface area (Å²) in [5.41, 5.74) is 1.84. The number of amides is 2. The summed E-state index contributed by atoms with van der Waals surface area (Å²) in [6.45, 7) is 3.27. The van der Waals surface area contributed by atoms with Gasteiger partial charge in [-0.25, -0.2) is 8.42 Å². The van der Waals surface area contributed by atoms with E-state index in [0.29, 0.717) is 11.3 Å². The molecule has 0 aliphatic heterocycles. The van der Waals surface area contributed by atoms with E-state index >= 15 is 0 Å². The number of rotatable bonds is 5. The zero-order chi connectivity index (χ0) is 19.5. The van der Waals surface area contributed by atoms with Crippen molar-refractivity contribution in [1.82, 2.24) is 4.90 Å². The molecule has 7 heteroatoms. The zero-order valence-electron chi connectivity index (χ0n) is 15.2. The largest absolute Gasteiger partial charge is 0.335 e. The van der Waals surface area contributed by atoms with E-state index in [1.165, 1.54) is 19.1 Å². The van der Waals surface area contributed by atoms with E-state index in [0.717, 1.165) is 11.8 Å². The average molecular weight is 374 g/mol. The number of carbonyl (C=O) groups excluding carboxylic acids is 2. The number of benzene rings is 2. The van der Waals surface area contributed by atoms with Crippen LogP contribution in [0.15, 0.2) is 53.4 Å². The van der Waals surface area contributed by atoms with Crippen molar-refractivity contribution in [1.29, 1.82) is 0 Å². The van der Waals surface area contributed by atoms with Crippen molar-refractivity contribution in [3.05, 3.63) is 59.7 Å². The highest BCUT2D eigenvalue weighted by Crippen LogP contribution is 2.23. The van der Waals surface area contributed by atoms with E-state index in [9.17, 15) is 18.0 Å². The summed E-state index contributed by atoms with van der Waals surface area (Å²) in [4.78, 5) is 25.7. The molecular weight excluding hydrogens is 352 g/mol. The van der Waals surface area contributed by atoms with Gasteiger partial charge in [0.1, 0.15) is 0 Å². The first-order chi connectivity index (χ1) is 12.1. The van der Waals surface area contributed by atoms with Crippen LogP contribution in [-0.4, -0.2) is 38.4 Å². The molecule has 0 saturated carbocycles. The van der Waals surface area contributed by atoms with E-state index in [1.807, 2.05) is 6.92 Å². The van der Waals surface area contributed by atoms with Gasteiger partial charge in [-0.2, -0.15) is 0 Å². The SMILES string of the molecule is CC(=O)Nc1cccc(C(=O)N(C)C(C)c2ccc(S(C)(=O)=O)cc2)c1. The van der Waals surface area contributed by atoms with Crippen molar-refractivity contribution in [3.63, 3.8) is 0 Å². The van der Waals surface area contributed by atoms with Crippen LogP contribution in [0, 0.1) is 0 Å². The first-order valence-corrected chi connectivity index (χ1v) is 9.93. The van der Waals surface area contributed by atoms with Gasteiger partial charge >= 0.3 is 0 Å². The smallest absolute Gasteiger partial charge is 0.254 e. The third kappa shape index (κ3) is 4.70. The molecule has 6 nitrogen and oxygen atoms in total. The Hall–Kier alpha value is -2.67. The lowest BCUT2D eigenvalue weighted by Gasteiger charge is -2.26. The summed E-state index contributed by atoms with van der Waals surface area (Å²) in [5.74, 6) is -0.404. The summed E-state index contributed by atoms with van der Waals surface area (Å²) < 4.78 is 23.1. The number of hydrogen-bond acceptors (Lipinski definition) is 4. The summed E-state index contributed by atoms with van der Waals surface area (Å²) >= 11 is 0. The molecule has 0 spiro atoms. The van der Waals surface area contributed by atoms with Crippen molar-refractivity contribution in [2.75, 3.05) is 18.6 Å². The average Bonchev–Trinajstić information content (AvgIpc) is 2.59. The number of carbonyl (C=O) groups is 2. The Morgan fingerprint density at radius 3 is 2.23 bits per heavy atom. The van der Waals surface area contributed by atoms with Gasteiger partial charge in [-0.3, -0.25) is 9.59 Å². The summed E-state index contributed by atoms with van der Waals surface area (Å²) in [6.07, 6.45) is 1.16. The fraction of sp³-hybridized carbons (Fsp3) is 0.263. The first-order valence-electron chi connectivity index (χ1n) is 8.04. The molecule has 1 N–H and O–H groups in total. The van der Waals surface area contributed by atoms with Gasteiger partial charge < -0.3 is 10.2 Å². The van der Waals surface area contributed by atoms with E-state index in [1.54, 1.807) is 48.3 Å². The van der Waals surface area contributed by atoms with Gasteiger partial charge in [-0.1, -0.05) is 18.2 Å². The summed E-state index contributed by atoms with van der Waals surface area (Å²) in [6, 6.07) is 13.0. The van der Waals surface area contributed by atoms with Crippen LogP contribution in [0.3, 0.4) is 0 Å². The van der Waals surface area contributed by atoms with Crippen molar-refractivity contribution in [2.45, 2.75) is 24.8 Å². The Kier molecular flexibility index (Phi) is 5.82. The van der Waals surface area contributed by atoms with Gasteiger partial charge in [0, 0.05) is 31.5 Å². The van der Waals surface area contributed by atoms with Gasteiger partial charge in [-0.05, 0) is 42.8 Å². The predicted molar refractivity (Wildman–Crippen MR) is 101 cm³/mol. The lowest BCUT2D eigenvalue weighted by molar-refractivity contribution is -0.114. The highest BCUT2D eigenvalue weighted by molar-refractivity contribution is 7.90. The zero-order valence-corrected chi connectivity index (χ0v) is 16.0. The molecule has 0 aliphatic carbocycles. The number of hydrogen-bond donors (Lipinski definition) is 1. The van der Waals surface area contributed by atoms with Gasteiger partial charge in [0.05, 0.1) is 10.9 Å². The molecule has 0 aromatic heterocycles. The molecule has 0 aliphatic rings. The molecule has 0 bridgehead atoms. The van der Waals surface area contributed by atoms with Crippen LogP contribution in [0.25, 0.3) is 0 Å². The summed E-state index contributed by atoms with van der Waals surface area (Å²) in [7, 11) is -1.57. The van der Waals surface area contributed by atoms with Crippen LogP contribution in [0.2, 0.25) is 0 Å². The molecule has 0 fully saturated rings. The monoisotopic (exact) mass is 374 g/mol. The molecular formula is C19H22N2O4S.